The number of aromatic nitrogens is 3. The van der Waals surface area contributed by atoms with Gasteiger partial charge in [-0.1, -0.05) is 26.0 Å². The van der Waals surface area contributed by atoms with Crippen LogP contribution in [0.15, 0.2) is 47.6 Å². The van der Waals surface area contributed by atoms with E-state index in [1.54, 1.807) is 30.6 Å². The number of halogens is 1. The first kappa shape index (κ1) is 22.8. The Balaban J connectivity index is 0.00000300. The molecular weight excluding hydrogens is 412 g/mol. The standard InChI is InChI=1S/C19H24N6O2S.ClH/c1-3-25(4-2)28(26,27)15-7-5-14(6-8-15)9-10-21-16-13-17(20)24-19-18(16)22-11-12-23-19;/h5-8,11-13H,3-4,9-10H2,1-2H3,(H3,20,21,23,24);1H. The van der Waals surface area contributed by atoms with E-state index in [-0.39, 0.29) is 12.4 Å². The number of rotatable bonds is 8. The predicted octanol–water partition coefficient (Wildman–Crippen LogP) is 2.71. The van der Waals surface area contributed by atoms with Crippen LogP contribution in [0.2, 0.25) is 0 Å². The summed E-state index contributed by atoms with van der Waals surface area (Å²) in [5.74, 6) is 0.376. The maximum atomic E-state index is 12.5. The van der Waals surface area contributed by atoms with Crippen LogP contribution in [0.3, 0.4) is 0 Å². The molecule has 0 aliphatic carbocycles. The highest BCUT2D eigenvalue weighted by Crippen LogP contribution is 2.21. The zero-order chi connectivity index (χ0) is 20.1. The number of anilines is 2. The molecule has 156 valence electrons. The van der Waals surface area contributed by atoms with Gasteiger partial charge in [0.05, 0.1) is 10.6 Å². The highest BCUT2D eigenvalue weighted by molar-refractivity contribution is 7.89. The van der Waals surface area contributed by atoms with Crippen LogP contribution < -0.4 is 11.1 Å². The first-order valence-electron chi connectivity index (χ1n) is 9.16. The Morgan fingerprint density at radius 3 is 2.38 bits per heavy atom. The van der Waals surface area contributed by atoms with Crippen LogP contribution in [0.25, 0.3) is 11.2 Å². The number of benzene rings is 1. The lowest BCUT2D eigenvalue weighted by Gasteiger charge is -2.18. The first-order valence-corrected chi connectivity index (χ1v) is 10.6. The van der Waals surface area contributed by atoms with E-state index in [9.17, 15) is 8.42 Å². The van der Waals surface area contributed by atoms with E-state index < -0.39 is 10.0 Å². The molecule has 2 aromatic heterocycles. The average molecular weight is 437 g/mol. The molecule has 0 bridgehead atoms. The van der Waals surface area contributed by atoms with Crippen LogP contribution in [-0.2, 0) is 16.4 Å². The zero-order valence-electron chi connectivity index (χ0n) is 16.4. The molecule has 3 aromatic rings. The van der Waals surface area contributed by atoms with Crippen LogP contribution in [-0.4, -0.2) is 47.3 Å². The van der Waals surface area contributed by atoms with E-state index >= 15 is 0 Å². The lowest BCUT2D eigenvalue weighted by Crippen LogP contribution is -2.30. The number of nitrogens with zero attached hydrogens (tertiary/aromatic N) is 4. The summed E-state index contributed by atoms with van der Waals surface area (Å²) in [5.41, 5.74) is 8.80. The van der Waals surface area contributed by atoms with Crippen molar-refractivity contribution in [1.82, 2.24) is 19.3 Å². The number of fused-ring (bicyclic) bond motifs is 1. The normalized spacial score (nSPS) is 11.4. The topological polar surface area (TPSA) is 114 Å². The third-order valence-corrected chi connectivity index (χ3v) is 6.52. The first-order chi connectivity index (χ1) is 13.5. The van der Waals surface area contributed by atoms with Gasteiger partial charge in [-0.3, -0.25) is 0 Å². The second-order valence-electron chi connectivity index (χ2n) is 6.23. The van der Waals surface area contributed by atoms with Gasteiger partial charge in [0.25, 0.3) is 0 Å². The van der Waals surface area contributed by atoms with Gasteiger partial charge >= 0.3 is 0 Å². The summed E-state index contributed by atoms with van der Waals surface area (Å²) < 4.78 is 26.5. The second kappa shape index (κ2) is 9.82. The SMILES string of the molecule is CCN(CC)S(=O)(=O)c1ccc(CCNc2cc(N)nc3nccnc23)cc1.Cl. The highest BCUT2D eigenvalue weighted by atomic mass is 35.5. The summed E-state index contributed by atoms with van der Waals surface area (Å²) in [6.45, 7) is 5.21. The zero-order valence-corrected chi connectivity index (χ0v) is 18.0. The second-order valence-corrected chi connectivity index (χ2v) is 8.17. The summed E-state index contributed by atoms with van der Waals surface area (Å²) in [5, 5.41) is 3.31. The lowest BCUT2D eigenvalue weighted by atomic mass is 10.1. The Labute approximate surface area is 177 Å². The summed E-state index contributed by atoms with van der Waals surface area (Å²) in [6, 6.07) is 8.74. The van der Waals surface area contributed by atoms with Crippen LogP contribution in [0, 0.1) is 0 Å². The van der Waals surface area contributed by atoms with Gasteiger partial charge < -0.3 is 11.1 Å². The molecule has 1 aromatic carbocycles. The number of sulfonamides is 1. The molecule has 0 spiro atoms. The van der Waals surface area contributed by atoms with Crippen molar-refractivity contribution in [1.29, 1.82) is 0 Å². The average Bonchev–Trinajstić information content (AvgIpc) is 2.69. The van der Waals surface area contributed by atoms with E-state index in [1.807, 2.05) is 26.0 Å². The van der Waals surface area contributed by atoms with Gasteiger partial charge in [0.15, 0.2) is 5.65 Å². The van der Waals surface area contributed by atoms with E-state index in [0.29, 0.717) is 41.5 Å². The van der Waals surface area contributed by atoms with Gasteiger partial charge in [0.1, 0.15) is 11.3 Å². The maximum absolute atomic E-state index is 12.5. The smallest absolute Gasteiger partial charge is 0.243 e. The van der Waals surface area contributed by atoms with Crippen LogP contribution >= 0.6 is 12.4 Å². The molecule has 0 aliphatic rings. The van der Waals surface area contributed by atoms with Crippen molar-refractivity contribution in [3.8, 4) is 0 Å². The van der Waals surface area contributed by atoms with Gasteiger partial charge in [0, 0.05) is 38.1 Å². The molecule has 0 saturated heterocycles. The van der Waals surface area contributed by atoms with Crippen LogP contribution in [0.1, 0.15) is 19.4 Å². The molecule has 0 unspecified atom stereocenters. The number of nitrogens with two attached hydrogens (primary N) is 1. The van der Waals surface area contributed by atoms with Crippen molar-refractivity contribution in [2.24, 2.45) is 0 Å². The predicted molar refractivity (Wildman–Crippen MR) is 118 cm³/mol. The Hall–Kier alpha value is -2.49. The van der Waals surface area contributed by atoms with E-state index in [0.717, 1.165) is 17.7 Å². The number of hydrogen-bond acceptors (Lipinski definition) is 7. The monoisotopic (exact) mass is 436 g/mol. The Kier molecular flexibility index (Phi) is 7.72. The van der Waals surface area contributed by atoms with Crippen molar-refractivity contribution in [3.05, 3.63) is 48.3 Å². The molecule has 0 fully saturated rings. The molecule has 3 N–H and O–H groups in total. The van der Waals surface area contributed by atoms with Gasteiger partial charge in [-0.05, 0) is 24.1 Å². The third-order valence-electron chi connectivity index (χ3n) is 4.46. The fraction of sp³-hybridized carbons (Fsp3) is 0.316. The summed E-state index contributed by atoms with van der Waals surface area (Å²) in [6.07, 6.45) is 3.91. The maximum Gasteiger partial charge on any atom is 0.243 e. The van der Waals surface area contributed by atoms with Crippen molar-refractivity contribution < 1.29 is 8.42 Å². The molecule has 29 heavy (non-hydrogen) atoms. The molecule has 3 rings (SSSR count). The molecule has 0 atom stereocenters. The molecule has 0 amide bonds. The number of nitrogens with one attached hydrogen (secondary N) is 1. The molecule has 0 radical (unpaired) electrons. The van der Waals surface area contributed by atoms with Crippen molar-refractivity contribution in [2.45, 2.75) is 25.2 Å². The Morgan fingerprint density at radius 1 is 1.07 bits per heavy atom. The van der Waals surface area contributed by atoms with Gasteiger partial charge in [0.2, 0.25) is 10.0 Å². The van der Waals surface area contributed by atoms with Gasteiger partial charge in [-0.2, -0.15) is 4.31 Å². The Morgan fingerprint density at radius 2 is 1.72 bits per heavy atom. The minimum absolute atomic E-state index is 0. The van der Waals surface area contributed by atoms with Crippen molar-refractivity contribution in [2.75, 3.05) is 30.7 Å². The molecule has 8 nitrogen and oxygen atoms in total. The van der Waals surface area contributed by atoms with E-state index in [1.165, 1.54) is 4.31 Å². The largest absolute Gasteiger partial charge is 0.384 e. The lowest BCUT2D eigenvalue weighted by molar-refractivity contribution is 0.445. The minimum atomic E-state index is -3.43. The number of hydrogen-bond donors (Lipinski definition) is 2. The molecule has 0 aliphatic heterocycles. The van der Waals surface area contributed by atoms with Crippen molar-refractivity contribution >= 4 is 45.1 Å². The van der Waals surface area contributed by atoms with Gasteiger partial charge in [-0.15, -0.1) is 12.4 Å². The molecule has 10 heteroatoms. The van der Waals surface area contributed by atoms with E-state index in [4.69, 9.17) is 5.73 Å². The van der Waals surface area contributed by atoms with Crippen LogP contribution in [0.4, 0.5) is 11.5 Å². The molecule has 2 heterocycles. The Bertz CT molecular complexity index is 1060. The van der Waals surface area contributed by atoms with Crippen molar-refractivity contribution in [3.63, 3.8) is 0 Å². The third kappa shape index (κ3) is 5.11. The fourth-order valence-electron chi connectivity index (χ4n) is 2.99. The van der Waals surface area contributed by atoms with Gasteiger partial charge in [-0.25, -0.2) is 23.4 Å². The quantitative estimate of drug-likeness (QED) is 0.557. The number of nitrogen functional groups attached to an aromatic ring is 1. The fourth-order valence-corrected chi connectivity index (χ4v) is 4.45. The van der Waals surface area contributed by atoms with E-state index in [2.05, 4.69) is 20.3 Å². The minimum Gasteiger partial charge on any atom is -0.384 e. The molecular formula is C19H25ClN6O2S. The number of pyridine rings is 1. The highest BCUT2D eigenvalue weighted by Gasteiger charge is 2.21. The summed E-state index contributed by atoms with van der Waals surface area (Å²) in [4.78, 5) is 13.0. The summed E-state index contributed by atoms with van der Waals surface area (Å²) >= 11 is 0. The molecule has 0 saturated carbocycles. The van der Waals surface area contributed by atoms with Crippen LogP contribution in [0.5, 0.6) is 0 Å². The summed E-state index contributed by atoms with van der Waals surface area (Å²) in [7, 11) is -3.43.